The summed E-state index contributed by atoms with van der Waals surface area (Å²) in [5.41, 5.74) is 6.12. The molecule has 0 saturated heterocycles. The maximum absolute atomic E-state index is 5.57. The van der Waals surface area contributed by atoms with E-state index in [2.05, 4.69) is 10.2 Å². The molecule has 0 bridgehead atoms. The van der Waals surface area contributed by atoms with Crippen LogP contribution in [0.3, 0.4) is 0 Å². The molecular weight excluding hydrogens is 138 g/mol. The van der Waals surface area contributed by atoms with Crippen molar-refractivity contribution in [2.24, 2.45) is 5.73 Å². The lowest BCUT2D eigenvalue weighted by molar-refractivity contribution is 0.967. The Kier molecular flexibility index (Phi) is 1.97. The molecule has 48 valence electrons. The van der Waals surface area contributed by atoms with E-state index in [-0.39, 0.29) is 0 Å². The first-order valence-corrected chi connectivity index (χ1v) is 2.88. The Hall–Kier alpha value is -0.670. The number of halogens is 1. The zero-order chi connectivity index (χ0) is 6.69. The van der Waals surface area contributed by atoms with Gasteiger partial charge in [0, 0.05) is 12.1 Å². The fraction of sp³-hybridized carbons (Fsp3) is 0.200. The number of aromatic nitrogens is 2. The quantitative estimate of drug-likeness (QED) is 0.626. The average Bonchev–Trinajstić information content (AvgIpc) is 1.89. The minimum Gasteiger partial charge on any atom is -0.326 e. The van der Waals surface area contributed by atoms with E-state index in [1.54, 1.807) is 12.3 Å². The van der Waals surface area contributed by atoms with E-state index in [0.717, 1.165) is 5.56 Å². The van der Waals surface area contributed by atoms with E-state index in [9.17, 15) is 0 Å². The van der Waals surface area contributed by atoms with Crippen LogP contribution in [0.5, 0.6) is 0 Å². The molecule has 0 aromatic carbocycles. The number of hydrogen-bond donors (Lipinski definition) is 1. The fourth-order valence-electron chi connectivity index (χ4n) is 0.493. The predicted octanol–water partition coefficient (Wildman–Crippen LogP) is 0.589. The molecule has 2 N–H and O–H groups in total. The van der Waals surface area contributed by atoms with Gasteiger partial charge in [-0.15, -0.1) is 5.10 Å². The highest BCUT2D eigenvalue weighted by atomic mass is 35.5. The minimum atomic E-state index is 0.389. The minimum absolute atomic E-state index is 0.389. The number of nitrogens with two attached hydrogens (primary N) is 1. The summed E-state index contributed by atoms with van der Waals surface area (Å²) in [6.07, 6.45) is 1.56. The predicted molar refractivity (Wildman–Crippen MR) is 34.9 cm³/mol. The molecule has 0 aliphatic carbocycles. The molecule has 1 aromatic rings. The average molecular weight is 144 g/mol. The Bertz CT molecular complexity index is 201. The standard InChI is InChI=1S/C5H6ClN3/c6-5-4(3-7)1-2-8-9-5/h1-2H,3,7H2. The normalized spacial score (nSPS) is 9.56. The molecule has 0 aliphatic rings. The van der Waals surface area contributed by atoms with Gasteiger partial charge in [-0.05, 0) is 6.07 Å². The molecule has 4 heteroatoms. The van der Waals surface area contributed by atoms with Crippen molar-refractivity contribution < 1.29 is 0 Å². The Balaban J connectivity index is 3.01. The molecule has 0 radical (unpaired) electrons. The van der Waals surface area contributed by atoms with Crippen LogP contribution in [0.1, 0.15) is 5.56 Å². The molecule has 1 rings (SSSR count). The van der Waals surface area contributed by atoms with Crippen molar-refractivity contribution in [2.45, 2.75) is 6.54 Å². The van der Waals surface area contributed by atoms with Crippen molar-refractivity contribution in [1.29, 1.82) is 0 Å². The third-order valence-electron chi connectivity index (χ3n) is 0.973. The van der Waals surface area contributed by atoms with Crippen molar-refractivity contribution >= 4 is 11.6 Å². The van der Waals surface area contributed by atoms with Crippen LogP contribution in [0.4, 0.5) is 0 Å². The van der Waals surface area contributed by atoms with Gasteiger partial charge in [0.15, 0.2) is 5.15 Å². The number of nitrogens with zero attached hydrogens (tertiary/aromatic N) is 2. The van der Waals surface area contributed by atoms with Gasteiger partial charge in [0.1, 0.15) is 0 Å². The molecule has 0 aliphatic heterocycles. The molecule has 0 amide bonds. The van der Waals surface area contributed by atoms with Gasteiger partial charge in [-0.2, -0.15) is 5.10 Å². The van der Waals surface area contributed by atoms with Gasteiger partial charge in [0.2, 0.25) is 0 Å². The molecule has 0 unspecified atom stereocenters. The van der Waals surface area contributed by atoms with Gasteiger partial charge < -0.3 is 5.73 Å². The van der Waals surface area contributed by atoms with Crippen molar-refractivity contribution in [1.82, 2.24) is 10.2 Å². The van der Waals surface area contributed by atoms with Crippen LogP contribution in [0, 0.1) is 0 Å². The first kappa shape index (κ1) is 6.45. The molecular formula is C5H6ClN3. The van der Waals surface area contributed by atoms with Crippen molar-refractivity contribution in [3.8, 4) is 0 Å². The van der Waals surface area contributed by atoms with Gasteiger partial charge in [-0.1, -0.05) is 11.6 Å². The molecule has 0 saturated carbocycles. The van der Waals surface area contributed by atoms with E-state index < -0.39 is 0 Å². The van der Waals surface area contributed by atoms with E-state index in [0.29, 0.717) is 11.7 Å². The zero-order valence-corrected chi connectivity index (χ0v) is 5.47. The molecule has 0 atom stereocenters. The summed E-state index contributed by atoms with van der Waals surface area (Å²) in [5, 5.41) is 7.53. The van der Waals surface area contributed by atoms with E-state index in [4.69, 9.17) is 17.3 Å². The van der Waals surface area contributed by atoms with Crippen LogP contribution in [0.15, 0.2) is 12.3 Å². The van der Waals surface area contributed by atoms with Crippen LogP contribution in [0.2, 0.25) is 5.15 Å². The first-order valence-electron chi connectivity index (χ1n) is 2.50. The fourth-order valence-corrected chi connectivity index (χ4v) is 0.676. The molecule has 1 heterocycles. The summed E-state index contributed by atoms with van der Waals surface area (Å²) in [6.45, 7) is 0.411. The van der Waals surface area contributed by atoms with E-state index in [1.807, 2.05) is 0 Å². The van der Waals surface area contributed by atoms with E-state index in [1.165, 1.54) is 0 Å². The Morgan fingerprint density at radius 1 is 1.67 bits per heavy atom. The second-order valence-electron chi connectivity index (χ2n) is 1.55. The number of rotatable bonds is 1. The van der Waals surface area contributed by atoms with Gasteiger partial charge in [0.05, 0.1) is 6.20 Å². The van der Waals surface area contributed by atoms with Gasteiger partial charge in [-0.3, -0.25) is 0 Å². The highest BCUT2D eigenvalue weighted by molar-refractivity contribution is 6.30. The van der Waals surface area contributed by atoms with Gasteiger partial charge in [0.25, 0.3) is 0 Å². The second kappa shape index (κ2) is 2.75. The molecule has 0 fully saturated rings. The summed E-state index contributed by atoms with van der Waals surface area (Å²) in [5.74, 6) is 0. The lowest BCUT2D eigenvalue weighted by atomic mass is 10.3. The third kappa shape index (κ3) is 1.37. The summed E-state index contributed by atoms with van der Waals surface area (Å²) in [7, 11) is 0. The summed E-state index contributed by atoms with van der Waals surface area (Å²) >= 11 is 5.57. The molecule has 3 nitrogen and oxygen atoms in total. The van der Waals surface area contributed by atoms with Crippen LogP contribution in [-0.2, 0) is 6.54 Å². The summed E-state index contributed by atoms with van der Waals surface area (Å²) in [6, 6.07) is 1.75. The monoisotopic (exact) mass is 143 g/mol. The molecule has 9 heavy (non-hydrogen) atoms. The molecule has 1 aromatic heterocycles. The Morgan fingerprint density at radius 3 is 2.89 bits per heavy atom. The maximum Gasteiger partial charge on any atom is 0.156 e. The highest BCUT2D eigenvalue weighted by Crippen LogP contribution is 2.07. The van der Waals surface area contributed by atoms with E-state index >= 15 is 0 Å². The second-order valence-corrected chi connectivity index (χ2v) is 1.91. The smallest absolute Gasteiger partial charge is 0.156 e. The third-order valence-corrected chi connectivity index (χ3v) is 1.29. The van der Waals surface area contributed by atoms with Crippen molar-refractivity contribution in [2.75, 3.05) is 0 Å². The summed E-state index contributed by atoms with van der Waals surface area (Å²) in [4.78, 5) is 0. The maximum atomic E-state index is 5.57. The lowest BCUT2D eigenvalue weighted by Gasteiger charge is -1.94. The van der Waals surface area contributed by atoms with Crippen LogP contribution < -0.4 is 5.73 Å². The largest absolute Gasteiger partial charge is 0.326 e. The van der Waals surface area contributed by atoms with Crippen LogP contribution >= 0.6 is 11.6 Å². The highest BCUT2D eigenvalue weighted by Gasteiger charge is 1.95. The number of hydrogen-bond acceptors (Lipinski definition) is 3. The summed E-state index contributed by atoms with van der Waals surface area (Å²) < 4.78 is 0. The topological polar surface area (TPSA) is 51.8 Å². The van der Waals surface area contributed by atoms with Crippen molar-refractivity contribution in [3.05, 3.63) is 23.0 Å². The van der Waals surface area contributed by atoms with Gasteiger partial charge >= 0.3 is 0 Å². The first-order chi connectivity index (χ1) is 4.34. The zero-order valence-electron chi connectivity index (χ0n) is 4.71. The molecule has 0 spiro atoms. The Morgan fingerprint density at radius 2 is 2.44 bits per heavy atom. The van der Waals surface area contributed by atoms with Crippen LogP contribution in [-0.4, -0.2) is 10.2 Å². The SMILES string of the molecule is NCc1ccnnc1Cl. The van der Waals surface area contributed by atoms with Gasteiger partial charge in [-0.25, -0.2) is 0 Å². The van der Waals surface area contributed by atoms with Crippen molar-refractivity contribution in [3.63, 3.8) is 0 Å². The Labute approximate surface area is 57.8 Å². The van der Waals surface area contributed by atoms with Crippen LogP contribution in [0.25, 0.3) is 0 Å². The lowest BCUT2D eigenvalue weighted by Crippen LogP contribution is -1.98.